The Hall–Kier alpha value is -0.240. The molecule has 0 heterocycles. The van der Waals surface area contributed by atoms with Gasteiger partial charge in [-0.25, -0.2) is 0 Å². The van der Waals surface area contributed by atoms with E-state index in [1.54, 1.807) is 0 Å². The van der Waals surface area contributed by atoms with Crippen LogP contribution in [-0.4, -0.2) is 69.6 Å². The number of nitrogens with one attached hydrogen (secondary N) is 1. The zero-order chi connectivity index (χ0) is 11.8. The van der Waals surface area contributed by atoms with E-state index < -0.39 is 31.0 Å². The fraction of sp³-hybridized carbons (Fsp3) is 1.00. The van der Waals surface area contributed by atoms with E-state index in [-0.39, 0.29) is 6.54 Å². The van der Waals surface area contributed by atoms with Crippen molar-refractivity contribution in [2.45, 2.75) is 37.8 Å². The van der Waals surface area contributed by atoms with Crippen LogP contribution in [-0.2, 0) is 0 Å². The summed E-state index contributed by atoms with van der Waals surface area (Å²) in [5.41, 5.74) is 0. The lowest BCUT2D eigenvalue weighted by molar-refractivity contribution is -0.113. The maximum Gasteiger partial charge on any atom is 0.111 e. The molecule has 0 fully saturated rings. The number of aliphatic hydroxyl groups excluding tert-OH is 5. The second-order valence-electron chi connectivity index (χ2n) is 3.50. The van der Waals surface area contributed by atoms with Crippen molar-refractivity contribution in [3.05, 3.63) is 0 Å². The molecule has 6 N–H and O–H groups in total. The Morgan fingerprint density at radius 1 is 1.00 bits per heavy atom. The van der Waals surface area contributed by atoms with Crippen molar-refractivity contribution in [1.82, 2.24) is 5.32 Å². The first-order valence-electron chi connectivity index (χ1n) is 5.08. The minimum Gasteiger partial charge on any atom is -0.394 e. The zero-order valence-electron chi connectivity index (χ0n) is 8.87. The number of hydrogen-bond donors (Lipinski definition) is 6. The van der Waals surface area contributed by atoms with Crippen LogP contribution >= 0.6 is 0 Å². The zero-order valence-corrected chi connectivity index (χ0v) is 8.87. The normalized spacial score (nSPS) is 19.6. The molecule has 0 aliphatic carbocycles. The van der Waals surface area contributed by atoms with Gasteiger partial charge in [0.05, 0.1) is 12.7 Å². The third kappa shape index (κ3) is 5.41. The summed E-state index contributed by atoms with van der Waals surface area (Å²) in [5.74, 6) is 0. The minimum absolute atomic E-state index is 0.129. The van der Waals surface area contributed by atoms with Crippen LogP contribution < -0.4 is 5.32 Å². The van der Waals surface area contributed by atoms with Crippen molar-refractivity contribution in [3.63, 3.8) is 0 Å². The monoisotopic (exact) mass is 223 g/mol. The first-order valence-corrected chi connectivity index (χ1v) is 5.08. The highest BCUT2D eigenvalue weighted by Gasteiger charge is 2.29. The summed E-state index contributed by atoms with van der Waals surface area (Å²) in [6.07, 6.45) is -4.75. The fourth-order valence-electron chi connectivity index (χ4n) is 1.11. The molecule has 0 bridgehead atoms. The summed E-state index contributed by atoms with van der Waals surface area (Å²) < 4.78 is 0. The molecule has 0 spiro atoms. The van der Waals surface area contributed by atoms with E-state index in [0.717, 1.165) is 6.42 Å². The van der Waals surface area contributed by atoms with E-state index in [4.69, 9.17) is 10.2 Å². The Kier molecular flexibility index (Phi) is 7.85. The minimum atomic E-state index is -1.55. The lowest BCUT2D eigenvalue weighted by Gasteiger charge is -2.25. The largest absolute Gasteiger partial charge is 0.394 e. The van der Waals surface area contributed by atoms with Gasteiger partial charge in [0.15, 0.2) is 0 Å². The van der Waals surface area contributed by atoms with Crippen LogP contribution in [0.3, 0.4) is 0 Å². The topological polar surface area (TPSA) is 113 Å². The molecule has 15 heavy (non-hydrogen) atoms. The molecule has 92 valence electrons. The third-order valence-corrected chi connectivity index (χ3v) is 2.11. The molecule has 4 atom stereocenters. The van der Waals surface area contributed by atoms with E-state index in [1.165, 1.54) is 0 Å². The van der Waals surface area contributed by atoms with E-state index >= 15 is 0 Å². The van der Waals surface area contributed by atoms with Crippen LogP contribution in [0, 0.1) is 0 Å². The predicted octanol–water partition coefficient (Wildman–Crippen LogP) is -2.58. The summed E-state index contributed by atoms with van der Waals surface area (Å²) in [5, 5.41) is 48.5. The molecule has 0 saturated heterocycles. The average Bonchev–Trinajstić information content (AvgIpc) is 2.26. The van der Waals surface area contributed by atoms with Crippen LogP contribution in [0.2, 0.25) is 0 Å². The van der Waals surface area contributed by atoms with Gasteiger partial charge in [-0.1, -0.05) is 6.92 Å². The molecule has 0 aromatic heterocycles. The van der Waals surface area contributed by atoms with Gasteiger partial charge < -0.3 is 30.8 Å². The maximum atomic E-state index is 9.39. The highest BCUT2D eigenvalue weighted by molar-refractivity contribution is 4.81. The Morgan fingerprint density at radius 2 is 1.53 bits per heavy atom. The lowest BCUT2D eigenvalue weighted by Crippen LogP contribution is -2.49. The van der Waals surface area contributed by atoms with Gasteiger partial charge >= 0.3 is 0 Å². The second kappa shape index (κ2) is 7.98. The van der Waals surface area contributed by atoms with Gasteiger partial charge in [0.2, 0.25) is 0 Å². The molecule has 0 amide bonds. The molecule has 0 radical (unpaired) electrons. The summed E-state index contributed by atoms with van der Waals surface area (Å²) in [6.45, 7) is 2.13. The summed E-state index contributed by atoms with van der Waals surface area (Å²) in [4.78, 5) is 0. The van der Waals surface area contributed by atoms with Crippen molar-refractivity contribution < 1.29 is 25.5 Å². The fourth-order valence-corrected chi connectivity index (χ4v) is 1.11. The first-order chi connectivity index (χ1) is 7.04. The average molecular weight is 223 g/mol. The van der Waals surface area contributed by atoms with E-state index in [2.05, 4.69) is 5.32 Å². The van der Waals surface area contributed by atoms with Gasteiger partial charge in [0.1, 0.15) is 18.3 Å². The van der Waals surface area contributed by atoms with E-state index in [9.17, 15) is 15.3 Å². The quantitative estimate of drug-likeness (QED) is 0.252. The van der Waals surface area contributed by atoms with Crippen molar-refractivity contribution in [1.29, 1.82) is 0 Å². The molecule has 0 aliphatic rings. The molecule has 0 unspecified atom stereocenters. The summed E-state index contributed by atoms with van der Waals surface area (Å²) >= 11 is 0. The number of rotatable bonds is 8. The number of hydrogen-bond acceptors (Lipinski definition) is 6. The third-order valence-electron chi connectivity index (χ3n) is 2.11. The Bertz CT molecular complexity index is 157. The van der Waals surface area contributed by atoms with Crippen molar-refractivity contribution >= 4 is 0 Å². The maximum absolute atomic E-state index is 9.39. The molecule has 0 saturated carbocycles. The van der Waals surface area contributed by atoms with Gasteiger partial charge in [0, 0.05) is 6.54 Å². The SMILES string of the molecule is CCCNC[C@H](O)[C@@H](O)[C@H](O)[C@H](O)CO. The molecule has 0 rings (SSSR count). The van der Waals surface area contributed by atoms with Gasteiger partial charge in [-0.2, -0.15) is 0 Å². The highest BCUT2D eigenvalue weighted by Crippen LogP contribution is 2.04. The van der Waals surface area contributed by atoms with Crippen molar-refractivity contribution in [3.8, 4) is 0 Å². The van der Waals surface area contributed by atoms with Crippen LogP contribution in [0.15, 0.2) is 0 Å². The molecule has 6 nitrogen and oxygen atoms in total. The van der Waals surface area contributed by atoms with E-state index in [0.29, 0.717) is 6.54 Å². The highest BCUT2D eigenvalue weighted by atomic mass is 16.4. The second-order valence-corrected chi connectivity index (χ2v) is 3.50. The standard InChI is InChI=1S/C9H21NO5/c1-2-3-10-4-6(12)8(14)9(15)7(13)5-11/h6-15H,2-5H2,1H3/t6-,7+,8+,9+/m0/s1. The summed E-state index contributed by atoms with van der Waals surface area (Å²) in [7, 11) is 0. The lowest BCUT2D eigenvalue weighted by atomic mass is 10.0. The Labute approximate surface area is 89.2 Å². The first kappa shape index (κ1) is 14.8. The molecular weight excluding hydrogens is 202 g/mol. The van der Waals surface area contributed by atoms with Crippen molar-refractivity contribution in [2.75, 3.05) is 19.7 Å². The van der Waals surface area contributed by atoms with Gasteiger partial charge in [-0.05, 0) is 13.0 Å². The van der Waals surface area contributed by atoms with E-state index in [1.807, 2.05) is 6.92 Å². The van der Waals surface area contributed by atoms with Crippen molar-refractivity contribution in [2.24, 2.45) is 0 Å². The molecule has 0 aromatic carbocycles. The Morgan fingerprint density at radius 3 is 2.00 bits per heavy atom. The van der Waals surface area contributed by atoms with Gasteiger partial charge in [0.25, 0.3) is 0 Å². The summed E-state index contributed by atoms with van der Waals surface area (Å²) in [6, 6.07) is 0. The van der Waals surface area contributed by atoms with Gasteiger partial charge in [-0.15, -0.1) is 0 Å². The smallest absolute Gasteiger partial charge is 0.111 e. The van der Waals surface area contributed by atoms with Crippen LogP contribution in [0.4, 0.5) is 0 Å². The van der Waals surface area contributed by atoms with Crippen LogP contribution in [0.25, 0.3) is 0 Å². The molecule has 0 aromatic rings. The number of aliphatic hydroxyl groups is 5. The van der Waals surface area contributed by atoms with Gasteiger partial charge in [-0.3, -0.25) is 0 Å². The van der Waals surface area contributed by atoms with Crippen LogP contribution in [0.1, 0.15) is 13.3 Å². The molecule has 6 heteroatoms. The Balaban J connectivity index is 3.90. The van der Waals surface area contributed by atoms with Crippen LogP contribution in [0.5, 0.6) is 0 Å². The predicted molar refractivity (Wildman–Crippen MR) is 54.3 cm³/mol. The molecular formula is C9H21NO5. The molecule has 0 aliphatic heterocycles.